The van der Waals surface area contributed by atoms with Crippen molar-refractivity contribution >= 4 is 23.6 Å². The molecule has 0 aliphatic carbocycles. The van der Waals surface area contributed by atoms with Crippen LogP contribution in [0.4, 0.5) is 0 Å². The molecule has 2 aromatic rings. The van der Waals surface area contributed by atoms with Crippen molar-refractivity contribution < 1.29 is 23.8 Å². The van der Waals surface area contributed by atoms with E-state index in [9.17, 15) is 9.59 Å². The van der Waals surface area contributed by atoms with Gasteiger partial charge >= 0.3 is 5.97 Å². The van der Waals surface area contributed by atoms with Crippen LogP contribution in [0.25, 0.3) is 0 Å². The molecule has 2 N–H and O–H groups in total. The van der Waals surface area contributed by atoms with Crippen LogP contribution >= 0.6 is 11.8 Å². The summed E-state index contributed by atoms with van der Waals surface area (Å²) < 4.78 is 10.7. The highest BCUT2D eigenvalue weighted by Gasteiger charge is 2.26. The lowest BCUT2D eigenvalue weighted by Crippen LogP contribution is -2.39. The Morgan fingerprint density at radius 2 is 2.08 bits per heavy atom. The standard InChI is InChI=1S/C18H19NO5S/c1-11-14(7-9-23-11)19-17(20)13-4-2-3-5-16(13)25-10-15-12(18(21)22)6-8-24-15/h2-6,8,11,14H,7,9-10H2,1H3,(H,19,20)(H,21,22). The summed E-state index contributed by atoms with van der Waals surface area (Å²) in [6.07, 6.45) is 2.17. The lowest BCUT2D eigenvalue weighted by Gasteiger charge is -2.17. The van der Waals surface area contributed by atoms with E-state index < -0.39 is 5.97 Å². The number of carbonyl (C=O) groups excluding carboxylic acids is 1. The number of benzene rings is 1. The SMILES string of the molecule is CC1OCCC1NC(=O)c1ccccc1SCc1occc1C(=O)O. The Morgan fingerprint density at radius 1 is 1.28 bits per heavy atom. The second-order valence-corrected chi connectivity index (χ2v) is 6.81. The fraction of sp³-hybridized carbons (Fsp3) is 0.333. The molecule has 1 amide bonds. The Bertz CT molecular complexity index is 772. The number of amides is 1. The highest BCUT2D eigenvalue weighted by Crippen LogP contribution is 2.28. The first-order valence-electron chi connectivity index (χ1n) is 8.00. The number of carboxylic acids is 1. The molecule has 1 aromatic heterocycles. The maximum Gasteiger partial charge on any atom is 0.339 e. The fourth-order valence-electron chi connectivity index (χ4n) is 2.73. The minimum absolute atomic E-state index is 0.00464. The molecule has 7 heteroatoms. The maximum atomic E-state index is 12.6. The molecule has 2 unspecified atom stereocenters. The van der Waals surface area contributed by atoms with Crippen LogP contribution in [0, 0.1) is 0 Å². The van der Waals surface area contributed by atoms with Crippen LogP contribution in [0.15, 0.2) is 45.9 Å². The minimum Gasteiger partial charge on any atom is -0.478 e. The van der Waals surface area contributed by atoms with Gasteiger partial charge < -0.3 is 19.6 Å². The van der Waals surface area contributed by atoms with Crippen LogP contribution in [0.2, 0.25) is 0 Å². The summed E-state index contributed by atoms with van der Waals surface area (Å²) in [4.78, 5) is 24.5. The van der Waals surface area contributed by atoms with E-state index >= 15 is 0 Å². The molecule has 1 aliphatic heterocycles. The highest BCUT2D eigenvalue weighted by molar-refractivity contribution is 7.98. The van der Waals surface area contributed by atoms with Crippen molar-refractivity contribution in [3.8, 4) is 0 Å². The number of furan rings is 1. The molecule has 0 radical (unpaired) electrons. The molecule has 1 fully saturated rings. The zero-order chi connectivity index (χ0) is 17.8. The number of carboxylic acid groups (broad SMARTS) is 1. The molecule has 2 heterocycles. The molecule has 25 heavy (non-hydrogen) atoms. The monoisotopic (exact) mass is 361 g/mol. The average Bonchev–Trinajstić information content (AvgIpc) is 3.22. The maximum absolute atomic E-state index is 12.6. The van der Waals surface area contributed by atoms with Gasteiger partial charge in [0, 0.05) is 11.5 Å². The average molecular weight is 361 g/mol. The minimum atomic E-state index is -1.02. The molecular formula is C18H19NO5S. The lowest BCUT2D eigenvalue weighted by molar-refractivity contribution is 0.0694. The van der Waals surface area contributed by atoms with E-state index in [2.05, 4.69) is 5.32 Å². The fourth-order valence-corrected chi connectivity index (χ4v) is 3.73. The van der Waals surface area contributed by atoms with Crippen LogP contribution in [0.3, 0.4) is 0 Å². The third kappa shape index (κ3) is 4.05. The Kier molecular flexibility index (Phi) is 5.45. The van der Waals surface area contributed by atoms with Gasteiger partial charge in [-0.25, -0.2) is 4.79 Å². The lowest BCUT2D eigenvalue weighted by atomic mass is 10.1. The van der Waals surface area contributed by atoms with Gasteiger partial charge in [0.1, 0.15) is 11.3 Å². The van der Waals surface area contributed by atoms with Crippen molar-refractivity contribution in [2.24, 2.45) is 0 Å². The van der Waals surface area contributed by atoms with Gasteiger partial charge in [-0.05, 0) is 31.5 Å². The van der Waals surface area contributed by atoms with Crippen LogP contribution in [-0.2, 0) is 10.5 Å². The van der Waals surface area contributed by atoms with Crippen molar-refractivity contribution in [2.75, 3.05) is 6.61 Å². The molecule has 0 bridgehead atoms. The van der Waals surface area contributed by atoms with E-state index in [1.807, 2.05) is 25.1 Å². The normalized spacial score (nSPS) is 19.7. The van der Waals surface area contributed by atoms with E-state index in [1.54, 1.807) is 6.07 Å². The Hall–Kier alpha value is -2.25. The van der Waals surface area contributed by atoms with E-state index in [1.165, 1.54) is 24.1 Å². The molecule has 132 valence electrons. The zero-order valence-electron chi connectivity index (χ0n) is 13.7. The molecule has 0 spiro atoms. The number of ether oxygens (including phenoxy) is 1. The number of thioether (sulfide) groups is 1. The number of carbonyl (C=O) groups is 2. The summed E-state index contributed by atoms with van der Waals surface area (Å²) in [5.41, 5.74) is 0.710. The Balaban J connectivity index is 1.71. The van der Waals surface area contributed by atoms with Crippen LogP contribution in [0.1, 0.15) is 39.8 Å². The summed E-state index contributed by atoms with van der Waals surface area (Å²) in [5.74, 6) is -0.457. The summed E-state index contributed by atoms with van der Waals surface area (Å²) in [7, 11) is 0. The molecule has 6 nitrogen and oxygen atoms in total. The van der Waals surface area contributed by atoms with Gasteiger partial charge in [0.15, 0.2) is 0 Å². The first-order valence-corrected chi connectivity index (χ1v) is 8.98. The van der Waals surface area contributed by atoms with E-state index in [0.29, 0.717) is 23.7 Å². The Morgan fingerprint density at radius 3 is 2.80 bits per heavy atom. The Labute approximate surface area is 149 Å². The second kappa shape index (κ2) is 7.76. The number of nitrogens with one attached hydrogen (secondary N) is 1. The molecule has 1 saturated heterocycles. The van der Waals surface area contributed by atoms with E-state index in [-0.39, 0.29) is 23.6 Å². The predicted octanol–water partition coefficient (Wildman–Crippen LogP) is 3.18. The van der Waals surface area contributed by atoms with Gasteiger partial charge in [-0.3, -0.25) is 4.79 Å². The van der Waals surface area contributed by atoms with Gasteiger partial charge in [0.05, 0.1) is 29.7 Å². The number of hydrogen-bond donors (Lipinski definition) is 2. The number of rotatable bonds is 6. The van der Waals surface area contributed by atoms with Crippen molar-refractivity contribution in [1.82, 2.24) is 5.32 Å². The van der Waals surface area contributed by atoms with Crippen molar-refractivity contribution in [1.29, 1.82) is 0 Å². The highest BCUT2D eigenvalue weighted by atomic mass is 32.2. The van der Waals surface area contributed by atoms with Gasteiger partial charge in [0.25, 0.3) is 5.91 Å². The van der Waals surface area contributed by atoms with Crippen LogP contribution in [0.5, 0.6) is 0 Å². The van der Waals surface area contributed by atoms with Crippen LogP contribution < -0.4 is 5.32 Å². The summed E-state index contributed by atoms with van der Waals surface area (Å²) in [6, 6.07) is 8.70. The van der Waals surface area contributed by atoms with Crippen LogP contribution in [-0.4, -0.2) is 35.7 Å². The molecule has 2 atom stereocenters. The van der Waals surface area contributed by atoms with E-state index in [4.69, 9.17) is 14.3 Å². The first-order chi connectivity index (χ1) is 12.1. The summed E-state index contributed by atoms with van der Waals surface area (Å²) in [5, 5.41) is 12.1. The largest absolute Gasteiger partial charge is 0.478 e. The predicted molar refractivity (Wildman–Crippen MR) is 93.0 cm³/mol. The smallest absolute Gasteiger partial charge is 0.339 e. The molecular weight excluding hydrogens is 342 g/mol. The zero-order valence-corrected chi connectivity index (χ0v) is 14.5. The van der Waals surface area contributed by atoms with Gasteiger partial charge in [-0.2, -0.15) is 0 Å². The van der Waals surface area contributed by atoms with Crippen molar-refractivity contribution in [3.63, 3.8) is 0 Å². The summed E-state index contributed by atoms with van der Waals surface area (Å²) >= 11 is 1.37. The molecule has 1 aromatic carbocycles. The van der Waals surface area contributed by atoms with Crippen molar-refractivity contribution in [3.05, 3.63) is 53.5 Å². The van der Waals surface area contributed by atoms with Gasteiger partial charge in [-0.15, -0.1) is 11.8 Å². The number of aromatic carboxylic acids is 1. The third-order valence-electron chi connectivity index (χ3n) is 4.16. The second-order valence-electron chi connectivity index (χ2n) is 5.79. The summed E-state index contributed by atoms with van der Waals surface area (Å²) in [6.45, 7) is 2.60. The van der Waals surface area contributed by atoms with Gasteiger partial charge in [0.2, 0.25) is 0 Å². The van der Waals surface area contributed by atoms with Crippen molar-refractivity contribution in [2.45, 2.75) is 36.1 Å². The first kappa shape index (κ1) is 17.6. The topological polar surface area (TPSA) is 88.8 Å². The van der Waals surface area contributed by atoms with E-state index in [0.717, 1.165) is 11.3 Å². The third-order valence-corrected chi connectivity index (χ3v) is 5.23. The van der Waals surface area contributed by atoms with Gasteiger partial charge in [-0.1, -0.05) is 12.1 Å². The molecule has 3 rings (SSSR count). The molecule has 1 aliphatic rings. The quantitative estimate of drug-likeness (QED) is 0.768. The number of hydrogen-bond acceptors (Lipinski definition) is 5. The molecule has 0 saturated carbocycles.